The highest BCUT2D eigenvalue weighted by Gasteiger charge is 2.07. The molecule has 2 N–H and O–H groups in total. The van der Waals surface area contributed by atoms with Crippen molar-refractivity contribution < 1.29 is 4.79 Å². The predicted octanol–water partition coefficient (Wildman–Crippen LogP) is 2.47. The normalized spacial score (nSPS) is 12.6. The van der Waals surface area contributed by atoms with Gasteiger partial charge in [0.25, 0.3) is 0 Å². The molecule has 0 saturated heterocycles. The molecule has 0 aliphatic rings. The summed E-state index contributed by atoms with van der Waals surface area (Å²) in [5, 5.41) is 1.10. The molecule has 0 radical (unpaired) electrons. The lowest BCUT2D eigenvalue weighted by molar-refractivity contribution is -0.118. The molecule has 18 heavy (non-hydrogen) atoms. The lowest BCUT2D eigenvalue weighted by Gasteiger charge is -2.05. The first-order chi connectivity index (χ1) is 8.65. The maximum atomic E-state index is 11.8. The first kappa shape index (κ1) is 12.7. The number of Topliss-reactive ketones (excluding diaryl/α,β-unsaturated/α-hetero) is 1. The molecular weight excluding hydrogens is 224 g/mol. The van der Waals surface area contributed by atoms with Crippen molar-refractivity contribution in [2.24, 2.45) is 5.73 Å². The van der Waals surface area contributed by atoms with E-state index < -0.39 is 0 Å². The number of nitrogens with two attached hydrogens (primary N) is 1. The topological polar surface area (TPSA) is 56.0 Å². The highest BCUT2D eigenvalue weighted by atomic mass is 16.1. The van der Waals surface area contributed by atoms with Gasteiger partial charge >= 0.3 is 0 Å². The average molecular weight is 242 g/mol. The predicted molar refractivity (Wildman–Crippen MR) is 73.3 cm³/mol. The van der Waals surface area contributed by atoms with E-state index in [1.54, 1.807) is 0 Å². The SMILES string of the molecule is CC(N)CCC(=O)Cc1ccc2ccccc2n1. The summed E-state index contributed by atoms with van der Waals surface area (Å²) in [6.07, 6.45) is 1.68. The summed E-state index contributed by atoms with van der Waals surface area (Å²) in [7, 11) is 0. The minimum absolute atomic E-state index is 0.0820. The van der Waals surface area contributed by atoms with E-state index in [1.165, 1.54) is 0 Å². The fraction of sp³-hybridized carbons (Fsp3) is 0.333. The van der Waals surface area contributed by atoms with E-state index >= 15 is 0 Å². The summed E-state index contributed by atoms with van der Waals surface area (Å²) in [6, 6.07) is 11.9. The molecule has 0 aliphatic carbocycles. The van der Waals surface area contributed by atoms with Crippen LogP contribution in [0.3, 0.4) is 0 Å². The van der Waals surface area contributed by atoms with Crippen LogP contribution in [0.5, 0.6) is 0 Å². The van der Waals surface area contributed by atoms with Gasteiger partial charge in [0.05, 0.1) is 5.52 Å². The van der Waals surface area contributed by atoms with Crippen molar-refractivity contribution >= 4 is 16.7 Å². The zero-order chi connectivity index (χ0) is 13.0. The van der Waals surface area contributed by atoms with Gasteiger partial charge in [-0.3, -0.25) is 9.78 Å². The third-order valence-electron chi connectivity index (χ3n) is 2.91. The standard InChI is InChI=1S/C15H18N2O/c1-11(16)6-9-14(18)10-13-8-7-12-4-2-3-5-15(12)17-13/h2-5,7-8,11H,6,9-10,16H2,1H3. The highest BCUT2D eigenvalue weighted by molar-refractivity contribution is 5.82. The smallest absolute Gasteiger partial charge is 0.138 e. The van der Waals surface area contributed by atoms with Gasteiger partial charge in [0.15, 0.2) is 0 Å². The number of rotatable bonds is 5. The number of ketones is 1. The molecule has 0 fully saturated rings. The van der Waals surface area contributed by atoms with Crippen LogP contribution in [-0.4, -0.2) is 16.8 Å². The molecule has 1 atom stereocenters. The van der Waals surface area contributed by atoms with Crippen molar-refractivity contribution in [2.75, 3.05) is 0 Å². The fourth-order valence-electron chi connectivity index (χ4n) is 1.89. The third-order valence-corrected chi connectivity index (χ3v) is 2.91. The maximum absolute atomic E-state index is 11.8. The second kappa shape index (κ2) is 5.74. The summed E-state index contributed by atoms with van der Waals surface area (Å²) in [4.78, 5) is 16.2. The molecule has 0 amide bonds. The first-order valence-corrected chi connectivity index (χ1v) is 6.27. The van der Waals surface area contributed by atoms with Crippen LogP contribution in [-0.2, 0) is 11.2 Å². The minimum atomic E-state index is 0.0820. The Balaban J connectivity index is 2.05. The van der Waals surface area contributed by atoms with Crippen molar-refractivity contribution in [3.63, 3.8) is 0 Å². The monoisotopic (exact) mass is 242 g/mol. The largest absolute Gasteiger partial charge is 0.328 e. The van der Waals surface area contributed by atoms with Crippen LogP contribution >= 0.6 is 0 Å². The van der Waals surface area contributed by atoms with Crippen LogP contribution in [0.1, 0.15) is 25.5 Å². The van der Waals surface area contributed by atoms with E-state index in [0.29, 0.717) is 12.8 Å². The molecule has 1 unspecified atom stereocenters. The molecule has 2 rings (SSSR count). The van der Waals surface area contributed by atoms with E-state index in [4.69, 9.17) is 5.73 Å². The average Bonchev–Trinajstić information content (AvgIpc) is 2.36. The van der Waals surface area contributed by atoms with Gasteiger partial charge in [-0.25, -0.2) is 0 Å². The van der Waals surface area contributed by atoms with Crippen molar-refractivity contribution in [1.29, 1.82) is 0 Å². The summed E-state index contributed by atoms with van der Waals surface area (Å²) in [5.74, 6) is 0.204. The van der Waals surface area contributed by atoms with E-state index in [0.717, 1.165) is 23.0 Å². The Kier molecular flexibility index (Phi) is 4.05. The molecule has 0 aliphatic heterocycles. The number of benzene rings is 1. The number of pyridine rings is 1. The number of fused-ring (bicyclic) bond motifs is 1. The molecule has 0 bridgehead atoms. The van der Waals surface area contributed by atoms with E-state index in [2.05, 4.69) is 4.98 Å². The van der Waals surface area contributed by atoms with E-state index in [9.17, 15) is 4.79 Å². The van der Waals surface area contributed by atoms with Gasteiger partial charge in [-0.1, -0.05) is 24.3 Å². The molecule has 1 aromatic heterocycles. The third kappa shape index (κ3) is 3.37. The van der Waals surface area contributed by atoms with Crippen molar-refractivity contribution in [3.8, 4) is 0 Å². The zero-order valence-corrected chi connectivity index (χ0v) is 10.6. The zero-order valence-electron chi connectivity index (χ0n) is 10.6. The number of aromatic nitrogens is 1. The molecule has 1 heterocycles. The van der Waals surface area contributed by atoms with Gasteiger partial charge in [-0.05, 0) is 25.5 Å². The molecule has 1 aromatic carbocycles. The van der Waals surface area contributed by atoms with Gasteiger partial charge in [0.1, 0.15) is 5.78 Å². The van der Waals surface area contributed by atoms with Gasteiger partial charge in [-0.2, -0.15) is 0 Å². The molecule has 0 saturated carbocycles. The molecule has 0 spiro atoms. The number of hydrogen-bond donors (Lipinski definition) is 1. The lowest BCUT2D eigenvalue weighted by atomic mass is 10.1. The number of carbonyl (C=O) groups is 1. The lowest BCUT2D eigenvalue weighted by Crippen LogP contribution is -2.17. The Morgan fingerprint density at radius 3 is 2.83 bits per heavy atom. The molecule has 3 heteroatoms. The number of para-hydroxylation sites is 1. The van der Waals surface area contributed by atoms with Gasteiger partial charge in [0.2, 0.25) is 0 Å². The molecule has 3 nitrogen and oxygen atoms in total. The van der Waals surface area contributed by atoms with Crippen LogP contribution < -0.4 is 5.73 Å². The van der Waals surface area contributed by atoms with E-state index in [-0.39, 0.29) is 11.8 Å². The number of carbonyl (C=O) groups excluding carboxylic acids is 1. The first-order valence-electron chi connectivity index (χ1n) is 6.27. The highest BCUT2D eigenvalue weighted by Crippen LogP contribution is 2.12. The van der Waals surface area contributed by atoms with Crippen LogP contribution in [0.15, 0.2) is 36.4 Å². The summed E-state index contributed by atoms with van der Waals surface area (Å²) in [5.41, 5.74) is 7.42. The summed E-state index contributed by atoms with van der Waals surface area (Å²) >= 11 is 0. The van der Waals surface area contributed by atoms with Crippen LogP contribution in [0.4, 0.5) is 0 Å². The maximum Gasteiger partial charge on any atom is 0.138 e. The summed E-state index contributed by atoms with van der Waals surface area (Å²) < 4.78 is 0. The van der Waals surface area contributed by atoms with E-state index in [1.807, 2.05) is 43.3 Å². The fourth-order valence-corrected chi connectivity index (χ4v) is 1.89. The Morgan fingerprint density at radius 2 is 2.06 bits per heavy atom. The molecular formula is C15H18N2O. The molecule has 94 valence electrons. The Bertz CT molecular complexity index is 549. The van der Waals surface area contributed by atoms with Gasteiger partial charge in [0, 0.05) is 30.0 Å². The number of nitrogens with zero attached hydrogens (tertiary/aromatic N) is 1. The van der Waals surface area contributed by atoms with Crippen LogP contribution in [0, 0.1) is 0 Å². The summed E-state index contributed by atoms with van der Waals surface area (Å²) in [6.45, 7) is 1.92. The van der Waals surface area contributed by atoms with Crippen LogP contribution in [0.25, 0.3) is 10.9 Å². The second-order valence-corrected chi connectivity index (χ2v) is 4.73. The Labute approximate surface area is 107 Å². The Hall–Kier alpha value is -1.74. The Morgan fingerprint density at radius 1 is 1.28 bits per heavy atom. The van der Waals surface area contributed by atoms with Crippen LogP contribution in [0.2, 0.25) is 0 Å². The van der Waals surface area contributed by atoms with Crippen molar-refractivity contribution in [2.45, 2.75) is 32.2 Å². The minimum Gasteiger partial charge on any atom is -0.328 e. The van der Waals surface area contributed by atoms with Crippen molar-refractivity contribution in [3.05, 3.63) is 42.1 Å². The second-order valence-electron chi connectivity index (χ2n) is 4.73. The molecule has 2 aromatic rings. The number of hydrogen-bond acceptors (Lipinski definition) is 3. The van der Waals surface area contributed by atoms with Gasteiger partial charge in [-0.15, -0.1) is 0 Å². The van der Waals surface area contributed by atoms with Crippen molar-refractivity contribution in [1.82, 2.24) is 4.98 Å². The quantitative estimate of drug-likeness (QED) is 0.876. The van der Waals surface area contributed by atoms with Gasteiger partial charge < -0.3 is 5.73 Å².